The normalized spacial score (nSPS) is 22.7. The summed E-state index contributed by atoms with van der Waals surface area (Å²) in [6, 6.07) is 3.60. The Hall–Kier alpha value is -2.68. The topological polar surface area (TPSA) is 85.4 Å². The molecule has 142 valence electrons. The Labute approximate surface area is 159 Å². The number of ether oxygens (including phenoxy) is 1. The minimum atomic E-state index is -0.747. The molecule has 2 aliphatic rings. The molecule has 0 bridgehead atoms. The average Bonchev–Trinajstić information content (AvgIpc) is 3.14. The van der Waals surface area contributed by atoms with Gasteiger partial charge >= 0.3 is 5.97 Å². The quantitative estimate of drug-likeness (QED) is 0.502. The van der Waals surface area contributed by atoms with Crippen molar-refractivity contribution in [2.45, 2.75) is 63.9 Å². The molecule has 6 nitrogen and oxygen atoms in total. The van der Waals surface area contributed by atoms with E-state index in [2.05, 4.69) is 22.1 Å². The number of cyclic esters (lactones) is 1. The molecule has 1 aromatic rings. The van der Waals surface area contributed by atoms with Crippen molar-refractivity contribution >= 4 is 23.5 Å². The van der Waals surface area contributed by atoms with E-state index in [9.17, 15) is 14.4 Å². The summed E-state index contributed by atoms with van der Waals surface area (Å²) in [4.78, 5) is 39.1. The number of pyridine rings is 1. The van der Waals surface area contributed by atoms with Crippen molar-refractivity contribution < 1.29 is 19.1 Å². The van der Waals surface area contributed by atoms with Gasteiger partial charge in [0.15, 0.2) is 0 Å². The Morgan fingerprint density at radius 1 is 1.30 bits per heavy atom. The maximum absolute atomic E-state index is 12.0. The summed E-state index contributed by atoms with van der Waals surface area (Å²) in [5.74, 6) is 6.34. The molecule has 6 heteroatoms. The third-order valence-electron chi connectivity index (χ3n) is 5.19. The molecule has 0 spiro atoms. The summed E-state index contributed by atoms with van der Waals surface area (Å²) < 4.78 is 5.72. The van der Waals surface area contributed by atoms with E-state index < -0.39 is 11.6 Å². The van der Waals surface area contributed by atoms with E-state index in [0.717, 1.165) is 31.2 Å². The van der Waals surface area contributed by atoms with Crippen molar-refractivity contribution in [3.8, 4) is 11.8 Å². The molecule has 1 saturated heterocycles. The van der Waals surface area contributed by atoms with E-state index in [0.29, 0.717) is 18.7 Å². The van der Waals surface area contributed by atoms with Gasteiger partial charge in [0.05, 0.1) is 0 Å². The number of nitrogens with zero attached hydrogens (tertiary/aromatic N) is 1. The third kappa shape index (κ3) is 4.94. The summed E-state index contributed by atoms with van der Waals surface area (Å²) in [5, 5.41) is 2.62. The van der Waals surface area contributed by atoms with Crippen LogP contribution in [-0.4, -0.2) is 28.2 Å². The van der Waals surface area contributed by atoms with Gasteiger partial charge in [-0.25, -0.2) is 4.98 Å². The van der Waals surface area contributed by atoms with Crippen LogP contribution in [0.3, 0.4) is 0 Å². The van der Waals surface area contributed by atoms with Crippen LogP contribution in [0, 0.1) is 17.8 Å². The number of anilines is 1. The molecule has 1 unspecified atom stereocenters. The van der Waals surface area contributed by atoms with Crippen LogP contribution in [-0.2, 0) is 25.5 Å². The highest BCUT2D eigenvalue weighted by molar-refractivity contribution is 5.98. The van der Waals surface area contributed by atoms with Gasteiger partial charge in [0.25, 0.3) is 0 Å². The minimum absolute atomic E-state index is 0.0438. The lowest BCUT2D eigenvalue weighted by Gasteiger charge is -2.39. The smallest absolute Gasteiger partial charge is 0.313 e. The fourth-order valence-electron chi connectivity index (χ4n) is 3.94. The van der Waals surface area contributed by atoms with Crippen molar-refractivity contribution in [3.05, 3.63) is 23.9 Å². The Morgan fingerprint density at radius 3 is 2.70 bits per heavy atom. The van der Waals surface area contributed by atoms with E-state index >= 15 is 0 Å². The number of Topliss-reactive ketones (excluding diaryl/α,β-unsaturated/α-hetero) is 1. The number of aromatic nitrogens is 1. The molecular formula is C21H24N2O4. The van der Waals surface area contributed by atoms with Gasteiger partial charge in [0.2, 0.25) is 5.91 Å². The number of nitrogens with one attached hydrogen (secondary N) is 1. The molecular weight excluding hydrogens is 344 g/mol. The zero-order chi connectivity index (χ0) is 19.3. The van der Waals surface area contributed by atoms with E-state index in [4.69, 9.17) is 4.74 Å². The number of carbonyl (C=O) groups is 3. The molecule has 0 aromatic carbocycles. The molecule has 1 saturated carbocycles. The first-order chi connectivity index (χ1) is 13.0. The largest absolute Gasteiger partial charge is 0.457 e. The van der Waals surface area contributed by atoms with Crippen LogP contribution in [0.2, 0.25) is 0 Å². The summed E-state index contributed by atoms with van der Waals surface area (Å²) in [6.07, 6.45) is 6.93. The molecule has 3 rings (SSSR count). The van der Waals surface area contributed by atoms with E-state index in [1.165, 1.54) is 6.92 Å². The zero-order valence-electron chi connectivity index (χ0n) is 15.5. The fourth-order valence-corrected chi connectivity index (χ4v) is 3.94. The van der Waals surface area contributed by atoms with Gasteiger partial charge in [-0.15, -0.1) is 0 Å². The number of amides is 1. The highest BCUT2D eigenvalue weighted by Crippen LogP contribution is 2.43. The van der Waals surface area contributed by atoms with Crippen molar-refractivity contribution in [1.82, 2.24) is 4.98 Å². The predicted octanol–water partition coefficient (Wildman–Crippen LogP) is 2.81. The van der Waals surface area contributed by atoms with E-state index in [1.54, 1.807) is 12.3 Å². The fraction of sp³-hybridized carbons (Fsp3) is 0.524. The lowest BCUT2D eigenvalue weighted by Crippen LogP contribution is -2.47. The summed E-state index contributed by atoms with van der Waals surface area (Å²) in [6.45, 7) is 1.43. The van der Waals surface area contributed by atoms with Crippen molar-refractivity contribution in [1.29, 1.82) is 0 Å². The molecule has 1 aromatic heterocycles. The van der Waals surface area contributed by atoms with Crippen LogP contribution < -0.4 is 5.32 Å². The van der Waals surface area contributed by atoms with Gasteiger partial charge in [-0.1, -0.05) is 30.7 Å². The second kappa shape index (κ2) is 8.34. The maximum Gasteiger partial charge on any atom is 0.313 e. The minimum Gasteiger partial charge on any atom is -0.457 e. The van der Waals surface area contributed by atoms with Crippen LogP contribution in [0.4, 0.5) is 5.82 Å². The van der Waals surface area contributed by atoms with Crippen molar-refractivity contribution in [2.24, 2.45) is 5.92 Å². The van der Waals surface area contributed by atoms with Crippen molar-refractivity contribution in [2.75, 3.05) is 5.32 Å². The summed E-state index contributed by atoms with van der Waals surface area (Å²) in [5.41, 5.74) is 0.187. The Balaban J connectivity index is 1.65. The molecule has 2 fully saturated rings. The average molecular weight is 368 g/mol. The number of carbonyl (C=O) groups excluding carboxylic acids is 3. The highest BCUT2D eigenvalue weighted by atomic mass is 16.6. The first kappa shape index (κ1) is 19.1. The molecule has 2 heterocycles. The van der Waals surface area contributed by atoms with Gasteiger partial charge in [-0.05, 0) is 24.5 Å². The van der Waals surface area contributed by atoms with Crippen LogP contribution in [0.25, 0.3) is 0 Å². The number of ketones is 1. The summed E-state index contributed by atoms with van der Waals surface area (Å²) in [7, 11) is 0. The molecule has 1 aliphatic heterocycles. The Kier molecular flexibility index (Phi) is 5.90. The van der Waals surface area contributed by atoms with Gasteiger partial charge in [-0.2, -0.15) is 0 Å². The molecule has 1 N–H and O–H groups in total. The molecule has 1 atom stereocenters. The Bertz CT molecular complexity index is 767. The number of esters is 1. The second-order valence-electron chi connectivity index (χ2n) is 7.35. The SMILES string of the molecule is CC(=O)Nc1ccc(CC#CCC2(C3CCCC3)CC(=O)CC(=O)O2)cn1. The monoisotopic (exact) mass is 368 g/mol. The van der Waals surface area contributed by atoms with Gasteiger partial charge in [-0.3, -0.25) is 14.4 Å². The van der Waals surface area contributed by atoms with Crippen LogP contribution >= 0.6 is 0 Å². The number of hydrogen-bond donors (Lipinski definition) is 1. The van der Waals surface area contributed by atoms with Crippen LogP contribution in [0.5, 0.6) is 0 Å². The molecule has 1 amide bonds. The van der Waals surface area contributed by atoms with E-state index in [1.807, 2.05) is 6.07 Å². The number of rotatable bonds is 4. The van der Waals surface area contributed by atoms with Crippen molar-refractivity contribution in [3.63, 3.8) is 0 Å². The summed E-state index contributed by atoms with van der Waals surface area (Å²) >= 11 is 0. The number of hydrogen-bond acceptors (Lipinski definition) is 5. The molecule has 1 aliphatic carbocycles. The predicted molar refractivity (Wildman–Crippen MR) is 99.7 cm³/mol. The van der Waals surface area contributed by atoms with Crippen LogP contribution in [0.1, 0.15) is 57.4 Å². The maximum atomic E-state index is 12.0. The standard InChI is InChI=1S/C21H24N2O4/c1-15(24)23-19-10-9-16(14-22-19)6-4-5-11-21(17-7-2-3-8-17)13-18(25)12-20(26)27-21/h9-10,14,17H,2-3,6-8,11-13H2,1H3,(H,22,23,24). The first-order valence-electron chi connectivity index (χ1n) is 9.39. The van der Waals surface area contributed by atoms with E-state index in [-0.39, 0.29) is 30.4 Å². The highest BCUT2D eigenvalue weighted by Gasteiger charge is 2.47. The van der Waals surface area contributed by atoms with Crippen LogP contribution in [0.15, 0.2) is 18.3 Å². The lowest BCUT2D eigenvalue weighted by molar-refractivity contribution is -0.176. The third-order valence-corrected chi connectivity index (χ3v) is 5.19. The van der Waals surface area contributed by atoms with Gasteiger partial charge < -0.3 is 10.1 Å². The van der Waals surface area contributed by atoms with Gasteiger partial charge in [0.1, 0.15) is 23.6 Å². The molecule has 0 radical (unpaired) electrons. The Morgan fingerprint density at radius 2 is 2.07 bits per heavy atom. The van der Waals surface area contributed by atoms with Gasteiger partial charge in [0, 0.05) is 38.3 Å². The first-order valence-corrected chi connectivity index (χ1v) is 9.39. The molecule has 27 heavy (non-hydrogen) atoms. The zero-order valence-corrected chi connectivity index (χ0v) is 15.5. The second-order valence-corrected chi connectivity index (χ2v) is 7.35. The lowest BCUT2D eigenvalue weighted by atomic mass is 9.77.